The van der Waals surface area contributed by atoms with Gasteiger partial charge in [-0.2, -0.15) is 0 Å². The Kier molecular flexibility index (Phi) is 5.69. The summed E-state index contributed by atoms with van der Waals surface area (Å²) < 4.78 is 0. The van der Waals surface area contributed by atoms with E-state index in [1.165, 1.54) is 11.3 Å². The lowest BCUT2D eigenvalue weighted by molar-refractivity contribution is 0.0795. The Morgan fingerprint density at radius 3 is 2.46 bits per heavy atom. The molecule has 2 heterocycles. The van der Waals surface area contributed by atoms with Crippen molar-refractivity contribution in [2.24, 2.45) is 0 Å². The SMILES string of the molecule is C=CCN(CC=C)C(=O)c1sc2nc(CN(C)C)[nH]c(=O)c2c1C. The minimum absolute atomic E-state index is 0.135. The van der Waals surface area contributed by atoms with Gasteiger partial charge in [0, 0.05) is 13.1 Å². The Bertz CT molecular complexity index is 825. The van der Waals surface area contributed by atoms with E-state index in [0.29, 0.717) is 46.1 Å². The fourth-order valence-corrected chi connectivity index (χ4v) is 3.63. The smallest absolute Gasteiger partial charge is 0.264 e. The molecular weight excluding hydrogens is 324 g/mol. The first-order valence-corrected chi connectivity index (χ1v) is 8.38. The molecule has 128 valence electrons. The summed E-state index contributed by atoms with van der Waals surface area (Å²) in [7, 11) is 3.81. The van der Waals surface area contributed by atoms with Crippen molar-refractivity contribution in [1.82, 2.24) is 19.8 Å². The maximum absolute atomic E-state index is 12.8. The van der Waals surface area contributed by atoms with Crippen LogP contribution in [-0.4, -0.2) is 52.9 Å². The number of H-pyrrole nitrogens is 1. The number of amides is 1. The Morgan fingerprint density at radius 2 is 1.92 bits per heavy atom. The van der Waals surface area contributed by atoms with Crippen LogP contribution < -0.4 is 5.56 Å². The average molecular weight is 346 g/mol. The van der Waals surface area contributed by atoms with Crippen molar-refractivity contribution in [2.45, 2.75) is 13.5 Å². The molecule has 1 N–H and O–H groups in total. The second kappa shape index (κ2) is 7.55. The van der Waals surface area contributed by atoms with Gasteiger partial charge in [-0.15, -0.1) is 24.5 Å². The molecule has 24 heavy (non-hydrogen) atoms. The average Bonchev–Trinajstić information content (AvgIpc) is 2.83. The van der Waals surface area contributed by atoms with Gasteiger partial charge in [-0.1, -0.05) is 12.2 Å². The molecule has 0 aliphatic rings. The minimum Gasteiger partial charge on any atom is -0.331 e. The van der Waals surface area contributed by atoms with Gasteiger partial charge in [-0.25, -0.2) is 4.98 Å². The molecule has 0 atom stereocenters. The number of hydrogen-bond donors (Lipinski definition) is 1. The molecule has 0 radical (unpaired) electrons. The van der Waals surface area contributed by atoms with Gasteiger partial charge < -0.3 is 14.8 Å². The maximum atomic E-state index is 12.8. The van der Waals surface area contributed by atoms with Crippen LogP contribution >= 0.6 is 11.3 Å². The Labute approximate surface area is 145 Å². The third kappa shape index (κ3) is 3.63. The molecule has 0 fully saturated rings. The second-order valence-electron chi connectivity index (χ2n) is 5.77. The lowest BCUT2D eigenvalue weighted by Gasteiger charge is -2.18. The highest BCUT2D eigenvalue weighted by Gasteiger charge is 2.22. The standard InChI is InChI=1S/C17H22N4O2S/c1-6-8-21(9-7-2)17(23)14-11(3)13-15(22)18-12(10-20(4)5)19-16(13)24-14/h6-7H,1-2,8-10H2,3-5H3,(H,18,19,22). The third-order valence-electron chi connectivity index (χ3n) is 3.50. The number of rotatable bonds is 7. The fourth-order valence-electron chi connectivity index (χ4n) is 2.46. The van der Waals surface area contributed by atoms with Crippen molar-refractivity contribution in [3.05, 3.63) is 51.9 Å². The van der Waals surface area contributed by atoms with E-state index in [1.54, 1.807) is 24.0 Å². The zero-order valence-corrected chi connectivity index (χ0v) is 15.1. The highest BCUT2D eigenvalue weighted by molar-refractivity contribution is 7.20. The summed E-state index contributed by atoms with van der Waals surface area (Å²) >= 11 is 1.26. The first kappa shape index (κ1) is 18.1. The Balaban J connectivity index is 2.52. The molecule has 0 aliphatic heterocycles. The van der Waals surface area contributed by atoms with E-state index in [-0.39, 0.29) is 11.5 Å². The quantitative estimate of drug-likeness (QED) is 0.780. The van der Waals surface area contributed by atoms with Crippen molar-refractivity contribution in [2.75, 3.05) is 27.2 Å². The number of carbonyl (C=O) groups excluding carboxylic acids is 1. The number of carbonyl (C=O) groups is 1. The Morgan fingerprint density at radius 1 is 1.29 bits per heavy atom. The topological polar surface area (TPSA) is 69.3 Å². The molecule has 0 aliphatic carbocycles. The summed E-state index contributed by atoms with van der Waals surface area (Å²) in [5.41, 5.74) is 0.465. The lowest BCUT2D eigenvalue weighted by Crippen LogP contribution is -2.31. The molecule has 6 nitrogen and oxygen atoms in total. The zero-order chi connectivity index (χ0) is 17.9. The number of fused-ring (bicyclic) bond motifs is 1. The first-order valence-electron chi connectivity index (χ1n) is 7.57. The number of aromatic nitrogens is 2. The molecule has 0 saturated heterocycles. The van der Waals surface area contributed by atoms with Crippen LogP contribution in [0.5, 0.6) is 0 Å². The van der Waals surface area contributed by atoms with Crippen LogP contribution in [0.1, 0.15) is 21.1 Å². The minimum atomic E-state index is -0.205. The van der Waals surface area contributed by atoms with Crippen LogP contribution in [0.15, 0.2) is 30.1 Å². The largest absolute Gasteiger partial charge is 0.331 e. The van der Waals surface area contributed by atoms with Gasteiger partial charge in [-0.3, -0.25) is 9.59 Å². The number of thiophene rings is 1. The van der Waals surface area contributed by atoms with Crippen molar-refractivity contribution >= 4 is 27.5 Å². The van der Waals surface area contributed by atoms with Gasteiger partial charge in [0.05, 0.1) is 16.8 Å². The van der Waals surface area contributed by atoms with E-state index < -0.39 is 0 Å². The van der Waals surface area contributed by atoms with Crippen LogP contribution in [0.2, 0.25) is 0 Å². The molecule has 0 bridgehead atoms. The molecule has 0 unspecified atom stereocenters. The maximum Gasteiger partial charge on any atom is 0.264 e. The predicted octanol–water partition coefficient (Wildman–Crippen LogP) is 2.17. The highest BCUT2D eigenvalue weighted by atomic mass is 32.1. The van der Waals surface area contributed by atoms with E-state index in [2.05, 4.69) is 23.1 Å². The summed E-state index contributed by atoms with van der Waals surface area (Å²) in [6.07, 6.45) is 3.34. The molecule has 0 saturated carbocycles. The van der Waals surface area contributed by atoms with Crippen LogP contribution in [0.3, 0.4) is 0 Å². The fraction of sp³-hybridized carbons (Fsp3) is 0.353. The van der Waals surface area contributed by atoms with Gasteiger partial charge in [0.15, 0.2) is 0 Å². The summed E-state index contributed by atoms with van der Waals surface area (Å²) in [6, 6.07) is 0. The summed E-state index contributed by atoms with van der Waals surface area (Å²) in [4.78, 5) is 37.2. The van der Waals surface area contributed by atoms with Crippen molar-refractivity contribution in [3.8, 4) is 0 Å². The number of hydrogen-bond acceptors (Lipinski definition) is 5. The number of nitrogens with one attached hydrogen (secondary N) is 1. The van der Waals surface area contributed by atoms with Crippen LogP contribution in [0.25, 0.3) is 10.2 Å². The number of nitrogens with zero attached hydrogens (tertiary/aromatic N) is 3. The monoisotopic (exact) mass is 346 g/mol. The first-order chi connectivity index (χ1) is 11.4. The molecular formula is C17H22N4O2S. The van der Waals surface area contributed by atoms with Gasteiger partial charge in [0.1, 0.15) is 10.7 Å². The molecule has 0 spiro atoms. The van der Waals surface area contributed by atoms with Gasteiger partial charge in [-0.05, 0) is 26.6 Å². The highest BCUT2D eigenvalue weighted by Crippen LogP contribution is 2.28. The van der Waals surface area contributed by atoms with E-state index in [1.807, 2.05) is 19.0 Å². The van der Waals surface area contributed by atoms with Crippen molar-refractivity contribution in [1.29, 1.82) is 0 Å². The van der Waals surface area contributed by atoms with E-state index >= 15 is 0 Å². The molecule has 1 amide bonds. The molecule has 2 rings (SSSR count). The predicted molar refractivity (Wildman–Crippen MR) is 98.7 cm³/mol. The van der Waals surface area contributed by atoms with E-state index in [4.69, 9.17) is 0 Å². The normalized spacial score (nSPS) is 11.0. The summed E-state index contributed by atoms with van der Waals surface area (Å²) in [5.74, 6) is 0.454. The zero-order valence-electron chi connectivity index (χ0n) is 14.3. The van der Waals surface area contributed by atoms with Gasteiger partial charge >= 0.3 is 0 Å². The lowest BCUT2D eigenvalue weighted by atomic mass is 10.2. The molecule has 7 heteroatoms. The summed E-state index contributed by atoms with van der Waals surface area (Å²) in [5, 5.41) is 0.489. The van der Waals surface area contributed by atoms with Gasteiger partial charge in [0.2, 0.25) is 0 Å². The summed E-state index contributed by atoms with van der Waals surface area (Å²) in [6.45, 7) is 10.5. The van der Waals surface area contributed by atoms with Gasteiger partial charge in [0.25, 0.3) is 11.5 Å². The van der Waals surface area contributed by atoms with Crippen LogP contribution in [-0.2, 0) is 6.54 Å². The van der Waals surface area contributed by atoms with E-state index in [0.717, 1.165) is 0 Å². The molecule has 0 aromatic carbocycles. The van der Waals surface area contributed by atoms with Crippen LogP contribution in [0.4, 0.5) is 0 Å². The molecule has 2 aromatic heterocycles. The van der Waals surface area contributed by atoms with Crippen molar-refractivity contribution in [3.63, 3.8) is 0 Å². The molecule has 2 aromatic rings. The number of aromatic amines is 1. The van der Waals surface area contributed by atoms with Crippen molar-refractivity contribution < 1.29 is 4.79 Å². The van der Waals surface area contributed by atoms with E-state index in [9.17, 15) is 9.59 Å². The van der Waals surface area contributed by atoms with Crippen LogP contribution in [0, 0.1) is 6.92 Å². The third-order valence-corrected chi connectivity index (χ3v) is 4.67. The Hall–Kier alpha value is -2.25. The second-order valence-corrected chi connectivity index (χ2v) is 6.77. The number of aryl methyl sites for hydroxylation is 1.